The highest BCUT2D eigenvalue weighted by Gasteiger charge is 2.25. The Bertz CT molecular complexity index is 832. The van der Waals surface area contributed by atoms with Crippen LogP contribution >= 0.6 is 0 Å². The summed E-state index contributed by atoms with van der Waals surface area (Å²) in [5.74, 6) is 0.678. The minimum atomic E-state index is -0.0198. The van der Waals surface area contributed by atoms with Gasteiger partial charge in [0.15, 0.2) is 5.82 Å². The lowest BCUT2D eigenvalue weighted by Gasteiger charge is -2.03. The monoisotopic (exact) mass is 295 g/mol. The smallest absolute Gasteiger partial charge is 0.258 e. The summed E-state index contributed by atoms with van der Waals surface area (Å²) in [5.41, 5.74) is 2.21. The van der Waals surface area contributed by atoms with Crippen LogP contribution in [0.3, 0.4) is 0 Å². The first-order valence-electron chi connectivity index (χ1n) is 6.88. The Kier molecular flexibility index (Phi) is 2.72. The zero-order valence-electron chi connectivity index (χ0n) is 11.6. The Labute approximate surface area is 125 Å². The maximum Gasteiger partial charge on any atom is 0.258 e. The summed E-state index contributed by atoms with van der Waals surface area (Å²) in [6.07, 6.45) is 8.43. The maximum absolute atomic E-state index is 10.4. The van der Waals surface area contributed by atoms with E-state index in [0.717, 1.165) is 5.56 Å². The molecular formula is C15H13N5O2. The van der Waals surface area contributed by atoms with Crippen molar-refractivity contribution in [3.63, 3.8) is 0 Å². The van der Waals surface area contributed by atoms with Crippen LogP contribution in [0.4, 0.5) is 0 Å². The molecule has 0 radical (unpaired) electrons. The molecule has 0 amide bonds. The summed E-state index contributed by atoms with van der Waals surface area (Å²) >= 11 is 0. The van der Waals surface area contributed by atoms with Gasteiger partial charge >= 0.3 is 0 Å². The molecule has 110 valence electrons. The van der Waals surface area contributed by atoms with Crippen molar-refractivity contribution in [2.24, 2.45) is 0 Å². The van der Waals surface area contributed by atoms with E-state index in [4.69, 9.17) is 0 Å². The highest BCUT2D eigenvalue weighted by atomic mass is 16.3. The van der Waals surface area contributed by atoms with Crippen molar-refractivity contribution in [3.05, 3.63) is 47.8 Å². The number of H-pyrrole nitrogens is 1. The van der Waals surface area contributed by atoms with Crippen LogP contribution in [0, 0.1) is 0 Å². The highest BCUT2D eigenvalue weighted by Crippen LogP contribution is 2.38. The molecule has 3 N–H and O–H groups in total. The van der Waals surface area contributed by atoms with Gasteiger partial charge in [-0.3, -0.25) is 10.1 Å². The lowest BCUT2D eigenvalue weighted by atomic mass is 10.0. The second kappa shape index (κ2) is 4.73. The normalized spacial score (nSPS) is 13.3. The third kappa shape index (κ3) is 1.79. The van der Waals surface area contributed by atoms with E-state index in [-0.39, 0.29) is 17.7 Å². The quantitative estimate of drug-likeness (QED) is 0.625. The first-order valence-corrected chi connectivity index (χ1v) is 6.88. The summed E-state index contributed by atoms with van der Waals surface area (Å²) < 4.78 is 1.26. The number of allylic oxidation sites excluding steroid dienone is 2. The van der Waals surface area contributed by atoms with Crippen LogP contribution in [-0.2, 0) is 12.8 Å². The van der Waals surface area contributed by atoms with Gasteiger partial charge in [-0.2, -0.15) is 4.98 Å². The van der Waals surface area contributed by atoms with Gasteiger partial charge in [0, 0.05) is 29.1 Å². The van der Waals surface area contributed by atoms with Crippen LogP contribution in [0.1, 0.15) is 11.1 Å². The lowest BCUT2D eigenvalue weighted by Crippen LogP contribution is -1.96. The molecule has 0 aromatic carbocycles. The Morgan fingerprint density at radius 1 is 1.09 bits per heavy atom. The van der Waals surface area contributed by atoms with Crippen molar-refractivity contribution in [2.75, 3.05) is 0 Å². The Balaban J connectivity index is 1.81. The van der Waals surface area contributed by atoms with Crippen molar-refractivity contribution < 1.29 is 10.2 Å². The van der Waals surface area contributed by atoms with Gasteiger partial charge in [0.25, 0.3) is 5.95 Å². The fourth-order valence-corrected chi connectivity index (χ4v) is 2.65. The third-order valence-electron chi connectivity index (χ3n) is 3.75. The van der Waals surface area contributed by atoms with Gasteiger partial charge in [-0.05, 0) is 25.0 Å². The molecule has 0 unspecified atom stereocenters. The molecule has 0 saturated heterocycles. The minimum Gasteiger partial charge on any atom is -0.494 e. The Morgan fingerprint density at radius 2 is 1.82 bits per heavy atom. The van der Waals surface area contributed by atoms with Crippen LogP contribution in [0.2, 0.25) is 0 Å². The topological polar surface area (TPSA) is 99.8 Å². The SMILES string of the molecule is Oc1c2c(c(O)n1-c1n[nH]c(-c3cccnc3)n1)CC=CC2. The molecule has 3 aromatic rings. The number of nitrogens with zero attached hydrogens (tertiary/aromatic N) is 4. The fourth-order valence-electron chi connectivity index (χ4n) is 2.65. The summed E-state index contributed by atoms with van der Waals surface area (Å²) in [5, 5.41) is 27.6. The summed E-state index contributed by atoms with van der Waals surface area (Å²) in [7, 11) is 0. The number of rotatable bonds is 2. The van der Waals surface area contributed by atoms with E-state index in [2.05, 4.69) is 20.2 Å². The van der Waals surface area contributed by atoms with Crippen molar-refractivity contribution >= 4 is 0 Å². The van der Waals surface area contributed by atoms with E-state index in [1.165, 1.54) is 4.57 Å². The van der Waals surface area contributed by atoms with Gasteiger partial charge in [-0.1, -0.05) is 12.2 Å². The number of aromatic amines is 1. The zero-order valence-corrected chi connectivity index (χ0v) is 11.6. The van der Waals surface area contributed by atoms with Gasteiger partial charge in [-0.25, -0.2) is 4.57 Å². The van der Waals surface area contributed by atoms with Gasteiger partial charge in [0.05, 0.1) is 0 Å². The average molecular weight is 295 g/mol. The van der Waals surface area contributed by atoms with Crippen LogP contribution in [-0.4, -0.2) is 34.9 Å². The molecule has 3 heterocycles. The van der Waals surface area contributed by atoms with Crippen LogP contribution in [0.15, 0.2) is 36.7 Å². The molecule has 0 aliphatic heterocycles. The molecule has 4 rings (SSSR count). The van der Waals surface area contributed by atoms with Gasteiger partial charge in [0.1, 0.15) is 0 Å². The first-order chi connectivity index (χ1) is 10.8. The van der Waals surface area contributed by atoms with Crippen LogP contribution in [0.5, 0.6) is 11.8 Å². The van der Waals surface area contributed by atoms with E-state index in [1.54, 1.807) is 18.5 Å². The average Bonchev–Trinajstić information content (AvgIpc) is 3.13. The highest BCUT2D eigenvalue weighted by molar-refractivity contribution is 5.56. The molecule has 0 fully saturated rings. The molecule has 22 heavy (non-hydrogen) atoms. The molecular weight excluding hydrogens is 282 g/mol. The second-order valence-electron chi connectivity index (χ2n) is 5.05. The molecule has 7 nitrogen and oxygen atoms in total. The fraction of sp³-hybridized carbons (Fsp3) is 0.133. The van der Waals surface area contributed by atoms with Crippen molar-refractivity contribution in [2.45, 2.75) is 12.8 Å². The third-order valence-corrected chi connectivity index (χ3v) is 3.75. The minimum absolute atomic E-state index is 0.0198. The number of hydrogen-bond acceptors (Lipinski definition) is 5. The van der Waals surface area contributed by atoms with Crippen molar-refractivity contribution in [1.29, 1.82) is 0 Å². The van der Waals surface area contributed by atoms with Crippen molar-refractivity contribution in [1.82, 2.24) is 24.7 Å². The molecule has 0 atom stereocenters. The molecule has 7 heteroatoms. The molecule has 0 saturated carbocycles. The predicted molar refractivity (Wildman–Crippen MR) is 78.8 cm³/mol. The van der Waals surface area contributed by atoms with Crippen molar-refractivity contribution in [3.8, 4) is 29.1 Å². The molecule has 1 aliphatic rings. The number of pyridine rings is 1. The van der Waals surface area contributed by atoms with E-state index < -0.39 is 0 Å². The second-order valence-corrected chi connectivity index (χ2v) is 5.05. The number of fused-ring (bicyclic) bond motifs is 1. The molecule has 3 aromatic heterocycles. The standard InChI is InChI=1S/C15H13N5O2/c21-13-10-5-1-2-6-11(10)14(22)20(13)15-17-12(18-19-15)9-4-3-7-16-8-9/h1-4,7-8,21-22H,5-6H2,(H,17,18,19). The van der Waals surface area contributed by atoms with Crippen LogP contribution < -0.4 is 0 Å². The van der Waals surface area contributed by atoms with Gasteiger partial charge in [0.2, 0.25) is 11.8 Å². The lowest BCUT2D eigenvalue weighted by molar-refractivity contribution is 0.396. The first kappa shape index (κ1) is 12.6. The maximum atomic E-state index is 10.4. The van der Waals surface area contributed by atoms with Crippen LogP contribution in [0.25, 0.3) is 17.3 Å². The van der Waals surface area contributed by atoms with E-state index in [0.29, 0.717) is 29.8 Å². The molecule has 0 bridgehead atoms. The number of aromatic hydroxyl groups is 2. The van der Waals surface area contributed by atoms with E-state index in [9.17, 15) is 10.2 Å². The predicted octanol–water partition coefficient (Wildman–Crippen LogP) is 1.72. The van der Waals surface area contributed by atoms with E-state index in [1.807, 2.05) is 18.2 Å². The Hall–Kier alpha value is -3.09. The number of aromatic nitrogens is 5. The summed E-state index contributed by atoms with van der Waals surface area (Å²) in [4.78, 5) is 8.36. The Morgan fingerprint density at radius 3 is 2.45 bits per heavy atom. The summed E-state index contributed by atoms with van der Waals surface area (Å²) in [6.45, 7) is 0. The number of nitrogens with one attached hydrogen (secondary N) is 1. The zero-order chi connectivity index (χ0) is 15.1. The number of hydrogen-bond donors (Lipinski definition) is 3. The van der Waals surface area contributed by atoms with E-state index >= 15 is 0 Å². The van der Waals surface area contributed by atoms with Gasteiger partial charge in [-0.15, -0.1) is 5.10 Å². The summed E-state index contributed by atoms with van der Waals surface area (Å²) in [6, 6.07) is 3.65. The molecule has 1 aliphatic carbocycles. The van der Waals surface area contributed by atoms with Gasteiger partial charge < -0.3 is 10.2 Å². The molecule has 0 spiro atoms. The largest absolute Gasteiger partial charge is 0.494 e.